The summed E-state index contributed by atoms with van der Waals surface area (Å²) in [7, 11) is 0. The van der Waals surface area contributed by atoms with Gasteiger partial charge in [-0.1, -0.05) is 41.9 Å². The van der Waals surface area contributed by atoms with Gasteiger partial charge in [-0.25, -0.2) is 4.39 Å². The number of imidazole rings is 1. The summed E-state index contributed by atoms with van der Waals surface area (Å²) in [6.45, 7) is 1.16. The quantitative estimate of drug-likeness (QED) is 0.422. The maximum absolute atomic E-state index is 14.4. The van der Waals surface area contributed by atoms with E-state index < -0.39 is 5.82 Å². The van der Waals surface area contributed by atoms with Crippen molar-refractivity contribution in [2.45, 2.75) is 24.7 Å². The van der Waals surface area contributed by atoms with Gasteiger partial charge >= 0.3 is 0 Å². The zero-order chi connectivity index (χ0) is 23.2. The van der Waals surface area contributed by atoms with Gasteiger partial charge in [-0.15, -0.1) is 0 Å². The third-order valence-electron chi connectivity index (χ3n) is 6.34. The minimum atomic E-state index is -0.433. The summed E-state index contributed by atoms with van der Waals surface area (Å²) in [5, 5.41) is 9.50. The van der Waals surface area contributed by atoms with E-state index in [9.17, 15) is 4.39 Å². The maximum atomic E-state index is 14.4. The van der Waals surface area contributed by atoms with Crippen LogP contribution in [0.5, 0.6) is 6.01 Å². The Balaban J connectivity index is 1.27. The lowest BCUT2D eigenvalue weighted by Gasteiger charge is -2.15. The second-order valence-electron chi connectivity index (χ2n) is 8.43. The number of ether oxygens (including phenoxy) is 3. The largest absolute Gasteiger partial charge is 0.456 e. The van der Waals surface area contributed by atoms with Crippen molar-refractivity contribution >= 4 is 22.6 Å². The Bertz CT molecular complexity index is 1430. The van der Waals surface area contributed by atoms with Gasteiger partial charge in [0.05, 0.1) is 40.4 Å². The first kappa shape index (κ1) is 21.1. The number of benzene rings is 3. The van der Waals surface area contributed by atoms with Crippen LogP contribution in [0.2, 0.25) is 5.02 Å². The van der Waals surface area contributed by atoms with Crippen molar-refractivity contribution < 1.29 is 18.6 Å². The standard InChI is InChI=1S/C26H19ClFN3O3/c27-19-11-22-21(30-26(31-22)34-24-13-33-23-7-8-32-25(23)24)10-18(19)16-4-2-15(3-5-16)17-6-1-14(12-29)9-20(17)28/h1-6,9-11,23-25H,7-8,13H2,(H,30,31)/t23-,24?,25+/m1/s1. The molecule has 6 nitrogen and oxygen atoms in total. The van der Waals surface area contributed by atoms with Crippen LogP contribution in [-0.4, -0.2) is 41.5 Å². The zero-order valence-electron chi connectivity index (χ0n) is 17.9. The summed E-state index contributed by atoms with van der Waals surface area (Å²) in [4.78, 5) is 7.76. The van der Waals surface area contributed by atoms with Crippen molar-refractivity contribution in [2.75, 3.05) is 13.2 Å². The zero-order valence-corrected chi connectivity index (χ0v) is 18.7. The predicted octanol–water partition coefficient (Wildman–Crippen LogP) is 5.50. The van der Waals surface area contributed by atoms with Crippen molar-refractivity contribution in [3.63, 3.8) is 0 Å². The van der Waals surface area contributed by atoms with Gasteiger partial charge in [-0.2, -0.15) is 10.2 Å². The molecule has 8 heteroatoms. The van der Waals surface area contributed by atoms with Gasteiger partial charge in [0.2, 0.25) is 0 Å². The monoisotopic (exact) mass is 475 g/mol. The summed E-state index contributed by atoms with van der Waals surface area (Å²) >= 11 is 6.59. The average Bonchev–Trinajstić information content (AvgIpc) is 3.56. The Morgan fingerprint density at radius 1 is 1.06 bits per heavy atom. The molecule has 2 fully saturated rings. The minimum absolute atomic E-state index is 0.0631. The first-order valence-corrected chi connectivity index (χ1v) is 11.4. The number of fused-ring (bicyclic) bond motifs is 2. The molecule has 170 valence electrons. The highest BCUT2D eigenvalue weighted by Crippen LogP contribution is 2.35. The van der Waals surface area contributed by atoms with Crippen molar-refractivity contribution in [3.8, 4) is 34.3 Å². The molecule has 34 heavy (non-hydrogen) atoms. The van der Waals surface area contributed by atoms with Crippen molar-refractivity contribution in [2.24, 2.45) is 0 Å². The number of nitrogens with one attached hydrogen (secondary N) is 1. The molecule has 0 spiro atoms. The Labute approximate surface area is 199 Å². The van der Waals surface area contributed by atoms with Gasteiger partial charge in [0.1, 0.15) is 11.9 Å². The molecule has 0 radical (unpaired) electrons. The van der Waals surface area contributed by atoms with Gasteiger partial charge in [0.15, 0.2) is 6.10 Å². The highest BCUT2D eigenvalue weighted by molar-refractivity contribution is 6.34. The number of halogens is 2. The second-order valence-corrected chi connectivity index (χ2v) is 8.83. The van der Waals surface area contributed by atoms with Crippen LogP contribution in [0.25, 0.3) is 33.3 Å². The van der Waals surface area contributed by atoms with E-state index >= 15 is 0 Å². The molecular weight excluding hydrogens is 457 g/mol. The Hall–Kier alpha value is -3.44. The van der Waals surface area contributed by atoms with Crippen LogP contribution >= 0.6 is 11.6 Å². The first-order valence-electron chi connectivity index (χ1n) is 11.0. The predicted molar refractivity (Wildman–Crippen MR) is 125 cm³/mol. The molecule has 3 heterocycles. The fraction of sp³-hybridized carbons (Fsp3) is 0.231. The molecule has 1 unspecified atom stereocenters. The summed E-state index contributed by atoms with van der Waals surface area (Å²) in [6, 6.07) is 18.0. The van der Waals surface area contributed by atoms with E-state index in [1.165, 1.54) is 6.07 Å². The van der Waals surface area contributed by atoms with Crippen LogP contribution < -0.4 is 4.74 Å². The van der Waals surface area contributed by atoms with Crippen LogP contribution in [0.15, 0.2) is 54.6 Å². The number of aromatic amines is 1. The van der Waals surface area contributed by atoms with Crippen LogP contribution in [0.4, 0.5) is 4.39 Å². The van der Waals surface area contributed by atoms with Gasteiger partial charge in [0, 0.05) is 17.7 Å². The number of nitrogens with zero attached hydrogens (tertiary/aromatic N) is 2. The van der Waals surface area contributed by atoms with Gasteiger partial charge in [0.25, 0.3) is 6.01 Å². The highest BCUT2D eigenvalue weighted by atomic mass is 35.5. The normalized spacial score (nSPS) is 21.5. The lowest BCUT2D eigenvalue weighted by atomic mass is 9.99. The molecule has 0 amide bonds. The highest BCUT2D eigenvalue weighted by Gasteiger charge is 2.43. The smallest absolute Gasteiger partial charge is 0.295 e. The van der Waals surface area contributed by atoms with E-state index in [4.69, 9.17) is 31.1 Å². The summed E-state index contributed by atoms with van der Waals surface area (Å²) < 4.78 is 31.9. The SMILES string of the molecule is N#Cc1ccc(-c2ccc(-c3cc4nc(OC5CO[C@@H]6CCO[C@H]56)[nH]c4cc3Cl)cc2)c(F)c1. The van der Waals surface area contributed by atoms with Gasteiger partial charge in [-0.3, -0.25) is 0 Å². The number of aromatic nitrogens is 2. The molecule has 1 aromatic heterocycles. The summed E-state index contributed by atoms with van der Waals surface area (Å²) in [5.41, 5.74) is 4.61. The molecule has 3 aromatic carbocycles. The van der Waals surface area contributed by atoms with E-state index in [0.29, 0.717) is 35.4 Å². The molecule has 0 saturated carbocycles. The number of nitriles is 1. The Morgan fingerprint density at radius 3 is 2.62 bits per heavy atom. The van der Waals surface area contributed by atoms with E-state index in [1.807, 2.05) is 42.5 Å². The lowest BCUT2D eigenvalue weighted by molar-refractivity contribution is 0.0273. The van der Waals surface area contributed by atoms with Crippen LogP contribution in [0.1, 0.15) is 12.0 Å². The first-order chi connectivity index (χ1) is 16.6. The molecule has 0 aliphatic carbocycles. The lowest BCUT2D eigenvalue weighted by Crippen LogP contribution is -2.32. The maximum Gasteiger partial charge on any atom is 0.295 e. The molecular formula is C26H19ClFN3O3. The number of hydrogen-bond acceptors (Lipinski definition) is 5. The molecule has 1 N–H and O–H groups in total. The Kier molecular flexibility index (Phi) is 5.22. The molecule has 2 aliphatic heterocycles. The molecule has 2 aliphatic rings. The Morgan fingerprint density at radius 2 is 1.85 bits per heavy atom. The van der Waals surface area contributed by atoms with E-state index in [2.05, 4.69) is 9.97 Å². The second kappa shape index (κ2) is 8.41. The number of hydrogen-bond donors (Lipinski definition) is 1. The molecule has 2 saturated heterocycles. The van der Waals surface area contributed by atoms with E-state index in [-0.39, 0.29) is 23.9 Å². The fourth-order valence-corrected chi connectivity index (χ4v) is 4.88. The van der Waals surface area contributed by atoms with Crippen molar-refractivity contribution in [3.05, 3.63) is 71.0 Å². The van der Waals surface area contributed by atoms with Crippen LogP contribution in [0.3, 0.4) is 0 Å². The third kappa shape index (κ3) is 3.70. The number of H-pyrrole nitrogens is 1. The third-order valence-corrected chi connectivity index (χ3v) is 6.65. The van der Waals surface area contributed by atoms with Crippen molar-refractivity contribution in [1.82, 2.24) is 9.97 Å². The molecule has 6 rings (SSSR count). The van der Waals surface area contributed by atoms with E-state index in [0.717, 1.165) is 28.6 Å². The minimum Gasteiger partial charge on any atom is -0.456 e. The molecule has 3 atom stereocenters. The van der Waals surface area contributed by atoms with E-state index in [1.54, 1.807) is 12.1 Å². The average molecular weight is 476 g/mol. The molecule has 0 bridgehead atoms. The molecule has 4 aromatic rings. The van der Waals surface area contributed by atoms with Crippen LogP contribution in [-0.2, 0) is 9.47 Å². The topological polar surface area (TPSA) is 80.2 Å². The van der Waals surface area contributed by atoms with Crippen LogP contribution in [0, 0.1) is 17.1 Å². The number of rotatable bonds is 4. The fourth-order valence-electron chi connectivity index (χ4n) is 4.61. The van der Waals surface area contributed by atoms with Crippen molar-refractivity contribution in [1.29, 1.82) is 5.26 Å². The summed E-state index contributed by atoms with van der Waals surface area (Å²) in [5.74, 6) is -0.433. The summed E-state index contributed by atoms with van der Waals surface area (Å²) in [6.07, 6.45) is 0.724. The van der Waals surface area contributed by atoms with Gasteiger partial charge < -0.3 is 19.2 Å². The van der Waals surface area contributed by atoms with Gasteiger partial charge in [-0.05, 0) is 41.8 Å².